The first-order valence-electron chi connectivity index (χ1n) is 8.53. The van der Waals surface area contributed by atoms with Crippen LogP contribution in [0.3, 0.4) is 0 Å². The molecule has 3 rings (SSSR count). The van der Waals surface area contributed by atoms with Gasteiger partial charge in [-0.25, -0.2) is 0 Å². The molecule has 3 nitrogen and oxygen atoms in total. The summed E-state index contributed by atoms with van der Waals surface area (Å²) < 4.78 is 1.01. The van der Waals surface area contributed by atoms with E-state index in [1.165, 1.54) is 11.1 Å². The number of carbonyl (C=O) groups excluding carboxylic acids is 1. The molecular weight excluding hydrogens is 376 g/mol. The van der Waals surface area contributed by atoms with Crippen molar-refractivity contribution in [3.05, 3.63) is 69.8 Å². The number of nitrogen functional groups attached to an aromatic ring is 1. The Morgan fingerprint density at radius 1 is 1.32 bits per heavy atom. The van der Waals surface area contributed by atoms with Gasteiger partial charge in [0.2, 0.25) is 5.91 Å². The van der Waals surface area contributed by atoms with E-state index in [1.54, 1.807) is 6.92 Å². The fourth-order valence-corrected chi connectivity index (χ4v) is 3.71. The highest BCUT2D eigenvalue weighted by atomic mass is 79.9. The van der Waals surface area contributed by atoms with Crippen LogP contribution in [0.1, 0.15) is 32.3 Å². The lowest BCUT2D eigenvalue weighted by Crippen LogP contribution is -2.42. The predicted molar refractivity (Wildman–Crippen MR) is 108 cm³/mol. The highest BCUT2D eigenvalue weighted by molar-refractivity contribution is 9.10. The molecule has 25 heavy (non-hydrogen) atoms. The molecule has 1 aliphatic carbocycles. The Morgan fingerprint density at radius 3 is 2.88 bits per heavy atom. The fourth-order valence-electron chi connectivity index (χ4n) is 3.34. The number of hydrogen-bond acceptors (Lipinski definition) is 2. The van der Waals surface area contributed by atoms with Crippen molar-refractivity contribution < 1.29 is 4.79 Å². The number of nitrogens with zero attached hydrogens (tertiary/aromatic N) is 1. The number of amides is 1. The average molecular weight is 399 g/mol. The molecule has 0 saturated heterocycles. The molecule has 1 atom stereocenters. The Bertz CT molecular complexity index is 817. The minimum absolute atomic E-state index is 0.0574. The highest BCUT2D eigenvalue weighted by Gasteiger charge is 2.27. The molecule has 2 N–H and O–H groups in total. The van der Waals surface area contributed by atoms with Gasteiger partial charge in [-0.15, -0.1) is 0 Å². The Labute approximate surface area is 157 Å². The molecule has 2 aliphatic rings. The number of benzene rings is 1. The Kier molecular flexibility index (Phi) is 5.28. The van der Waals surface area contributed by atoms with Crippen molar-refractivity contribution in [3.63, 3.8) is 0 Å². The van der Waals surface area contributed by atoms with E-state index in [0.717, 1.165) is 34.1 Å². The van der Waals surface area contributed by atoms with Crippen molar-refractivity contribution >= 4 is 33.1 Å². The number of nitrogens with two attached hydrogens (primary N) is 1. The molecule has 1 unspecified atom stereocenters. The Morgan fingerprint density at radius 2 is 2.12 bits per heavy atom. The van der Waals surface area contributed by atoms with E-state index < -0.39 is 0 Å². The first kappa shape index (κ1) is 17.7. The first-order chi connectivity index (χ1) is 12.0. The van der Waals surface area contributed by atoms with Gasteiger partial charge in [-0.05, 0) is 49.1 Å². The van der Waals surface area contributed by atoms with Gasteiger partial charge in [-0.2, -0.15) is 0 Å². The lowest BCUT2D eigenvalue weighted by Gasteiger charge is -2.35. The van der Waals surface area contributed by atoms with Gasteiger partial charge in [0.05, 0.1) is 6.04 Å². The van der Waals surface area contributed by atoms with Crippen LogP contribution in [0.5, 0.6) is 0 Å². The van der Waals surface area contributed by atoms with Crippen LogP contribution in [0, 0.1) is 0 Å². The lowest BCUT2D eigenvalue weighted by molar-refractivity contribution is -0.129. The summed E-state index contributed by atoms with van der Waals surface area (Å²) in [5.41, 5.74) is 11.7. The SMILES string of the molecule is CC(=O)N1CCC(c2cc(Br)ccc2N)=CC1C1=CC=C(C)CC=C1. The van der Waals surface area contributed by atoms with Gasteiger partial charge in [0.25, 0.3) is 0 Å². The Balaban J connectivity index is 2.05. The molecule has 0 fully saturated rings. The van der Waals surface area contributed by atoms with E-state index in [0.29, 0.717) is 6.54 Å². The van der Waals surface area contributed by atoms with Gasteiger partial charge >= 0.3 is 0 Å². The van der Waals surface area contributed by atoms with Crippen molar-refractivity contribution in [2.75, 3.05) is 12.3 Å². The predicted octanol–water partition coefficient (Wildman–Crippen LogP) is 4.87. The molecule has 1 aromatic carbocycles. The van der Waals surface area contributed by atoms with Gasteiger partial charge in [0, 0.05) is 29.2 Å². The van der Waals surface area contributed by atoms with Gasteiger partial charge in [-0.3, -0.25) is 4.79 Å². The van der Waals surface area contributed by atoms with Crippen LogP contribution in [0.2, 0.25) is 0 Å². The number of anilines is 1. The highest BCUT2D eigenvalue weighted by Crippen LogP contribution is 2.33. The summed E-state index contributed by atoms with van der Waals surface area (Å²) >= 11 is 3.53. The molecule has 0 aromatic heterocycles. The van der Waals surface area contributed by atoms with E-state index in [4.69, 9.17) is 5.73 Å². The van der Waals surface area contributed by atoms with Crippen LogP contribution in [0.15, 0.2) is 64.2 Å². The minimum atomic E-state index is -0.0574. The second-order valence-corrected chi connectivity index (χ2v) is 7.53. The van der Waals surface area contributed by atoms with E-state index in [1.807, 2.05) is 17.0 Å². The third-order valence-corrected chi connectivity index (χ3v) is 5.23. The quantitative estimate of drug-likeness (QED) is 0.722. The molecule has 130 valence electrons. The number of rotatable bonds is 2. The molecule has 1 heterocycles. The molecular formula is C21H23BrN2O. The molecule has 0 bridgehead atoms. The van der Waals surface area contributed by atoms with Crippen LogP contribution in [0.4, 0.5) is 5.69 Å². The van der Waals surface area contributed by atoms with Crippen molar-refractivity contribution in [1.82, 2.24) is 4.90 Å². The van der Waals surface area contributed by atoms with Gasteiger partial charge < -0.3 is 10.6 Å². The van der Waals surface area contributed by atoms with Crippen LogP contribution >= 0.6 is 15.9 Å². The molecule has 4 heteroatoms. The van der Waals surface area contributed by atoms with E-state index >= 15 is 0 Å². The van der Waals surface area contributed by atoms with Crippen molar-refractivity contribution in [2.45, 2.75) is 32.7 Å². The zero-order chi connectivity index (χ0) is 18.0. The monoisotopic (exact) mass is 398 g/mol. The van der Waals surface area contributed by atoms with E-state index in [9.17, 15) is 4.79 Å². The molecule has 0 radical (unpaired) electrons. The summed E-state index contributed by atoms with van der Waals surface area (Å²) in [6.45, 7) is 4.46. The second kappa shape index (κ2) is 7.44. The molecule has 1 amide bonds. The number of carbonyl (C=O) groups is 1. The summed E-state index contributed by atoms with van der Waals surface area (Å²) in [4.78, 5) is 14.1. The largest absolute Gasteiger partial charge is 0.398 e. The first-order valence-corrected chi connectivity index (χ1v) is 9.32. The number of allylic oxidation sites excluding steroid dienone is 4. The maximum Gasteiger partial charge on any atom is 0.220 e. The van der Waals surface area contributed by atoms with Crippen LogP contribution in [-0.4, -0.2) is 23.4 Å². The zero-order valence-electron chi connectivity index (χ0n) is 14.6. The van der Waals surface area contributed by atoms with Crippen LogP contribution in [-0.2, 0) is 4.79 Å². The number of hydrogen-bond donors (Lipinski definition) is 1. The molecule has 1 aromatic rings. The molecule has 0 saturated carbocycles. The minimum Gasteiger partial charge on any atom is -0.398 e. The Hall–Kier alpha value is -2.07. The normalized spacial score (nSPS) is 20.5. The van der Waals surface area contributed by atoms with Crippen LogP contribution in [0.25, 0.3) is 5.57 Å². The zero-order valence-corrected chi connectivity index (χ0v) is 16.2. The van der Waals surface area contributed by atoms with Crippen molar-refractivity contribution in [1.29, 1.82) is 0 Å². The topological polar surface area (TPSA) is 46.3 Å². The van der Waals surface area contributed by atoms with Gasteiger partial charge in [0.15, 0.2) is 0 Å². The van der Waals surface area contributed by atoms with Crippen LogP contribution < -0.4 is 5.73 Å². The summed E-state index contributed by atoms with van der Waals surface area (Å²) in [5.74, 6) is 0.0989. The second-order valence-electron chi connectivity index (χ2n) is 6.62. The summed E-state index contributed by atoms with van der Waals surface area (Å²) in [5, 5.41) is 0. The summed E-state index contributed by atoms with van der Waals surface area (Å²) in [7, 11) is 0. The van der Waals surface area contributed by atoms with Crippen molar-refractivity contribution in [2.24, 2.45) is 0 Å². The van der Waals surface area contributed by atoms with E-state index in [-0.39, 0.29) is 11.9 Å². The maximum absolute atomic E-state index is 12.2. The summed E-state index contributed by atoms with van der Waals surface area (Å²) in [6, 6.07) is 5.87. The third kappa shape index (κ3) is 3.96. The molecule has 1 aliphatic heterocycles. The van der Waals surface area contributed by atoms with Crippen molar-refractivity contribution in [3.8, 4) is 0 Å². The lowest BCUT2D eigenvalue weighted by atomic mass is 9.91. The fraction of sp³-hybridized carbons (Fsp3) is 0.286. The van der Waals surface area contributed by atoms with Gasteiger partial charge in [0.1, 0.15) is 0 Å². The molecule has 0 spiro atoms. The standard InChI is InChI=1S/C21H23BrN2O/c1-14-4-3-5-16(7-6-14)21-12-17(10-11-24(21)15(2)25)19-13-18(22)8-9-20(19)23/h3,5-9,12-13,21H,4,10-11,23H2,1-2H3. The average Bonchev–Trinajstić information content (AvgIpc) is 2.81. The number of halogens is 1. The maximum atomic E-state index is 12.2. The van der Waals surface area contributed by atoms with Gasteiger partial charge in [-0.1, -0.05) is 51.9 Å². The summed E-state index contributed by atoms with van der Waals surface area (Å²) in [6.07, 6.45) is 12.5. The van der Waals surface area contributed by atoms with E-state index in [2.05, 4.69) is 59.3 Å². The third-order valence-electron chi connectivity index (χ3n) is 4.73. The smallest absolute Gasteiger partial charge is 0.220 e.